The van der Waals surface area contributed by atoms with Gasteiger partial charge in [0.1, 0.15) is 0 Å². The molecular weight excluding hydrogens is 136 g/mol. The van der Waals surface area contributed by atoms with Gasteiger partial charge in [0.2, 0.25) is 0 Å². The zero-order valence-electron chi connectivity index (χ0n) is 7.38. The van der Waals surface area contributed by atoms with Gasteiger partial charge in [0, 0.05) is 6.61 Å². The lowest BCUT2D eigenvalue weighted by molar-refractivity contribution is 0.105. The van der Waals surface area contributed by atoms with Gasteiger partial charge in [-0.25, -0.2) is 0 Å². The van der Waals surface area contributed by atoms with Crippen LogP contribution in [-0.2, 0) is 4.74 Å². The normalized spacial score (nSPS) is 25.0. The van der Waals surface area contributed by atoms with Crippen LogP contribution in [0, 0.1) is 0 Å². The second-order valence-electron chi connectivity index (χ2n) is 3.09. The van der Waals surface area contributed by atoms with Gasteiger partial charge in [-0.3, -0.25) is 0 Å². The predicted octanol–water partition coefficient (Wildman–Crippen LogP) is 2.91. The molecule has 1 fully saturated rings. The first kappa shape index (κ1) is 8.79. The Morgan fingerprint density at radius 3 is 3.00 bits per heavy atom. The van der Waals surface area contributed by atoms with Crippen molar-refractivity contribution in [2.45, 2.75) is 45.1 Å². The predicted molar refractivity (Wildman–Crippen MR) is 47.6 cm³/mol. The lowest BCUT2D eigenvalue weighted by Gasteiger charge is -2.05. The summed E-state index contributed by atoms with van der Waals surface area (Å²) >= 11 is 0. The van der Waals surface area contributed by atoms with E-state index in [1.165, 1.54) is 25.7 Å². The van der Waals surface area contributed by atoms with E-state index in [1.807, 2.05) is 0 Å². The van der Waals surface area contributed by atoms with Crippen LogP contribution in [-0.4, -0.2) is 12.7 Å². The Morgan fingerprint density at radius 1 is 1.45 bits per heavy atom. The summed E-state index contributed by atoms with van der Waals surface area (Å²) in [6.07, 6.45) is 11.2. The minimum atomic E-state index is 0.566. The average Bonchev–Trinajstić information content (AvgIpc) is 2.50. The quantitative estimate of drug-likeness (QED) is 0.566. The van der Waals surface area contributed by atoms with Crippen molar-refractivity contribution >= 4 is 0 Å². The van der Waals surface area contributed by atoms with Crippen LogP contribution in [0.2, 0.25) is 0 Å². The van der Waals surface area contributed by atoms with Gasteiger partial charge in [-0.2, -0.15) is 0 Å². The summed E-state index contributed by atoms with van der Waals surface area (Å²) < 4.78 is 5.50. The molecule has 1 heterocycles. The van der Waals surface area contributed by atoms with Crippen LogP contribution in [0.25, 0.3) is 0 Å². The van der Waals surface area contributed by atoms with Crippen LogP contribution in [0.3, 0.4) is 0 Å². The Labute approximate surface area is 69.4 Å². The molecule has 0 aromatic heterocycles. The van der Waals surface area contributed by atoms with Crippen molar-refractivity contribution in [2.75, 3.05) is 6.61 Å². The number of hydrogen-bond acceptors (Lipinski definition) is 1. The molecule has 1 atom stereocenters. The fourth-order valence-corrected chi connectivity index (χ4v) is 1.44. The van der Waals surface area contributed by atoms with Gasteiger partial charge in [0.05, 0.1) is 6.10 Å². The number of rotatable bonds is 4. The van der Waals surface area contributed by atoms with E-state index in [0.717, 1.165) is 13.0 Å². The SMILES string of the molecule is CCC=CCCC1CCCO1. The number of ether oxygens (including phenoxy) is 1. The Morgan fingerprint density at radius 2 is 2.36 bits per heavy atom. The molecule has 0 spiro atoms. The summed E-state index contributed by atoms with van der Waals surface area (Å²) in [7, 11) is 0. The van der Waals surface area contributed by atoms with Gasteiger partial charge < -0.3 is 4.74 Å². The summed E-state index contributed by atoms with van der Waals surface area (Å²) in [6.45, 7) is 3.16. The first-order valence-corrected chi connectivity index (χ1v) is 4.70. The van der Waals surface area contributed by atoms with Gasteiger partial charge in [0.25, 0.3) is 0 Å². The number of allylic oxidation sites excluding steroid dienone is 2. The highest BCUT2D eigenvalue weighted by atomic mass is 16.5. The van der Waals surface area contributed by atoms with Crippen molar-refractivity contribution < 1.29 is 4.74 Å². The highest BCUT2D eigenvalue weighted by Gasteiger charge is 2.13. The van der Waals surface area contributed by atoms with Crippen molar-refractivity contribution in [1.29, 1.82) is 0 Å². The third-order valence-corrected chi connectivity index (χ3v) is 2.08. The fraction of sp³-hybridized carbons (Fsp3) is 0.800. The zero-order chi connectivity index (χ0) is 7.94. The Kier molecular flexibility index (Phi) is 4.29. The van der Waals surface area contributed by atoms with Crippen molar-refractivity contribution in [3.63, 3.8) is 0 Å². The van der Waals surface area contributed by atoms with Crippen LogP contribution in [0.4, 0.5) is 0 Å². The summed E-state index contributed by atoms with van der Waals surface area (Å²) in [4.78, 5) is 0. The molecule has 0 radical (unpaired) electrons. The van der Waals surface area contributed by atoms with E-state index in [2.05, 4.69) is 19.1 Å². The average molecular weight is 154 g/mol. The molecule has 1 aliphatic rings. The van der Waals surface area contributed by atoms with Gasteiger partial charge >= 0.3 is 0 Å². The van der Waals surface area contributed by atoms with Crippen LogP contribution in [0.1, 0.15) is 39.0 Å². The van der Waals surface area contributed by atoms with Crippen molar-refractivity contribution in [2.24, 2.45) is 0 Å². The van der Waals surface area contributed by atoms with Gasteiger partial charge in [-0.1, -0.05) is 19.1 Å². The Balaban J connectivity index is 1.97. The first-order valence-electron chi connectivity index (χ1n) is 4.70. The Bertz CT molecular complexity index is 112. The summed E-state index contributed by atoms with van der Waals surface area (Å²) in [6, 6.07) is 0. The van der Waals surface area contributed by atoms with E-state index in [-0.39, 0.29) is 0 Å². The maximum atomic E-state index is 5.50. The highest BCUT2D eigenvalue weighted by molar-refractivity contribution is 4.81. The van der Waals surface area contributed by atoms with E-state index >= 15 is 0 Å². The first-order chi connectivity index (χ1) is 5.43. The Hall–Kier alpha value is -0.300. The molecule has 0 N–H and O–H groups in total. The topological polar surface area (TPSA) is 9.23 Å². The molecule has 1 nitrogen and oxygen atoms in total. The molecular formula is C10H18O. The van der Waals surface area contributed by atoms with Crippen LogP contribution >= 0.6 is 0 Å². The standard InChI is InChI=1S/C10H18O/c1-2-3-4-5-7-10-8-6-9-11-10/h3-4,10H,2,5-9H2,1H3. The minimum absolute atomic E-state index is 0.566. The van der Waals surface area contributed by atoms with E-state index in [1.54, 1.807) is 0 Å². The molecule has 0 bridgehead atoms. The summed E-state index contributed by atoms with van der Waals surface area (Å²) in [5, 5.41) is 0. The fourth-order valence-electron chi connectivity index (χ4n) is 1.44. The van der Waals surface area contributed by atoms with Crippen molar-refractivity contribution in [3.8, 4) is 0 Å². The lowest BCUT2D eigenvalue weighted by Crippen LogP contribution is -2.02. The molecule has 0 aromatic carbocycles. The van der Waals surface area contributed by atoms with Gasteiger partial charge in [-0.15, -0.1) is 0 Å². The molecule has 0 aromatic rings. The maximum absolute atomic E-state index is 5.50. The van der Waals surface area contributed by atoms with E-state index < -0.39 is 0 Å². The smallest absolute Gasteiger partial charge is 0.0579 e. The minimum Gasteiger partial charge on any atom is -0.378 e. The van der Waals surface area contributed by atoms with Crippen LogP contribution in [0.15, 0.2) is 12.2 Å². The molecule has 1 saturated heterocycles. The van der Waals surface area contributed by atoms with Crippen molar-refractivity contribution in [3.05, 3.63) is 12.2 Å². The molecule has 64 valence electrons. The second kappa shape index (κ2) is 5.36. The number of hydrogen-bond donors (Lipinski definition) is 0. The van der Waals surface area contributed by atoms with Crippen LogP contribution < -0.4 is 0 Å². The third-order valence-electron chi connectivity index (χ3n) is 2.08. The summed E-state index contributed by atoms with van der Waals surface area (Å²) in [5.74, 6) is 0. The molecule has 0 amide bonds. The van der Waals surface area contributed by atoms with Crippen molar-refractivity contribution in [1.82, 2.24) is 0 Å². The highest BCUT2D eigenvalue weighted by Crippen LogP contribution is 2.16. The molecule has 0 saturated carbocycles. The van der Waals surface area contributed by atoms with E-state index in [4.69, 9.17) is 4.74 Å². The maximum Gasteiger partial charge on any atom is 0.0579 e. The second-order valence-corrected chi connectivity index (χ2v) is 3.09. The largest absolute Gasteiger partial charge is 0.378 e. The van der Waals surface area contributed by atoms with Gasteiger partial charge in [-0.05, 0) is 32.1 Å². The molecule has 1 rings (SSSR count). The molecule has 1 aliphatic heterocycles. The molecule has 1 heteroatoms. The molecule has 1 unspecified atom stereocenters. The van der Waals surface area contributed by atoms with E-state index in [0.29, 0.717) is 6.10 Å². The lowest BCUT2D eigenvalue weighted by atomic mass is 10.1. The monoisotopic (exact) mass is 154 g/mol. The van der Waals surface area contributed by atoms with Gasteiger partial charge in [0.15, 0.2) is 0 Å². The molecule has 11 heavy (non-hydrogen) atoms. The summed E-state index contributed by atoms with van der Waals surface area (Å²) in [5.41, 5.74) is 0. The van der Waals surface area contributed by atoms with E-state index in [9.17, 15) is 0 Å². The molecule has 0 aliphatic carbocycles. The third kappa shape index (κ3) is 3.57. The van der Waals surface area contributed by atoms with Crippen LogP contribution in [0.5, 0.6) is 0 Å². The zero-order valence-corrected chi connectivity index (χ0v) is 7.38.